The molecule has 0 fully saturated rings. The standard InChI is InChI=1S/C56H97NO5/c1-4-7-10-13-16-19-22-24-26-27-29-30-33-35-38-41-44-47-52(62-56(61)49-46-43-40-37-32-21-18-15-12-9-6-3)50-55(60)57-53(51-58)54(59)48-45-42-39-36-34-31-28-25-23-20-17-14-11-8-5-2/h7,10,15-16,18-19,24,26,29-30,35,38,44,47,52-54,58-59H,4-6,8-9,11-14,17,20-23,25,27-28,31-34,36-37,39-43,45-46,48-51H2,1-3H3,(H,57,60)/b10-7-,18-15-,19-16-,26-24-,30-29-,38-35-,47-44-. The maximum atomic E-state index is 13.2. The van der Waals surface area contributed by atoms with Crippen molar-refractivity contribution in [2.75, 3.05) is 6.61 Å². The van der Waals surface area contributed by atoms with Crippen molar-refractivity contribution in [3.05, 3.63) is 85.1 Å². The number of allylic oxidation sites excluding steroid dienone is 13. The van der Waals surface area contributed by atoms with Crippen LogP contribution in [0.3, 0.4) is 0 Å². The number of aliphatic hydroxyl groups excluding tert-OH is 2. The zero-order chi connectivity index (χ0) is 45.2. The number of amides is 1. The first-order valence-corrected chi connectivity index (χ1v) is 25.8. The van der Waals surface area contributed by atoms with Crippen molar-refractivity contribution in [3.63, 3.8) is 0 Å². The second-order valence-electron chi connectivity index (χ2n) is 17.2. The quantitative estimate of drug-likeness (QED) is 0.0322. The molecular formula is C56H97NO5. The Balaban J connectivity index is 4.75. The molecule has 0 aromatic carbocycles. The van der Waals surface area contributed by atoms with Crippen LogP contribution >= 0.6 is 0 Å². The van der Waals surface area contributed by atoms with E-state index < -0.39 is 18.2 Å². The van der Waals surface area contributed by atoms with Crippen molar-refractivity contribution in [2.24, 2.45) is 0 Å². The Hall–Kier alpha value is -2.96. The Labute approximate surface area is 383 Å². The Morgan fingerprint density at radius 1 is 0.500 bits per heavy atom. The highest BCUT2D eigenvalue weighted by molar-refractivity contribution is 5.78. The Bertz CT molecular complexity index is 1200. The van der Waals surface area contributed by atoms with Gasteiger partial charge in [-0.1, -0.05) is 228 Å². The Morgan fingerprint density at radius 3 is 1.40 bits per heavy atom. The van der Waals surface area contributed by atoms with Crippen LogP contribution in [-0.2, 0) is 14.3 Å². The number of aliphatic hydroxyl groups is 2. The van der Waals surface area contributed by atoms with Gasteiger partial charge in [-0.05, 0) is 76.7 Å². The van der Waals surface area contributed by atoms with E-state index in [1.807, 2.05) is 6.08 Å². The van der Waals surface area contributed by atoms with E-state index in [4.69, 9.17) is 4.74 Å². The van der Waals surface area contributed by atoms with Gasteiger partial charge in [0, 0.05) is 6.42 Å². The summed E-state index contributed by atoms with van der Waals surface area (Å²) in [5, 5.41) is 23.7. The van der Waals surface area contributed by atoms with E-state index in [2.05, 4.69) is 99.0 Å². The van der Waals surface area contributed by atoms with Crippen molar-refractivity contribution in [3.8, 4) is 0 Å². The van der Waals surface area contributed by atoms with E-state index in [1.165, 1.54) is 103 Å². The molecule has 62 heavy (non-hydrogen) atoms. The summed E-state index contributed by atoms with van der Waals surface area (Å²) < 4.78 is 5.81. The van der Waals surface area contributed by atoms with Crippen LogP contribution in [0.5, 0.6) is 0 Å². The average Bonchev–Trinajstić information content (AvgIpc) is 3.26. The smallest absolute Gasteiger partial charge is 0.306 e. The largest absolute Gasteiger partial charge is 0.458 e. The van der Waals surface area contributed by atoms with Gasteiger partial charge in [0.15, 0.2) is 0 Å². The first-order valence-electron chi connectivity index (χ1n) is 25.8. The van der Waals surface area contributed by atoms with E-state index in [0.717, 1.165) is 83.5 Å². The highest BCUT2D eigenvalue weighted by atomic mass is 16.5. The van der Waals surface area contributed by atoms with Gasteiger partial charge in [-0.25, -0.2) is 0 Å². The SMILES string of the molecule is CC/C=C\C/C=C\C/C=C\C/C=C\C/C=C\C/C=C\C(CC(=O)NC(CO)C(O)CCCCCCCCCCCCCCCCC)OC(=O)CCCCCCC/C=C\CCCC. The summed E-state index contributed by atoms with van der Waals surface area (Å²) in [7, 11) is 0. The first-order chi connectivity index (χ1) is 30.5. The minimum atomic E-state index is -0.824. The molecule has 0 aromatic heterocycles. The summed E-state index contributed by atoms with van der Waals surface area (Å²) in [5.74, 6) is -0.645. The van der Waals surface area contributed by atoms with Crippen LogP contribution < -0.4 is 5.32 Å². The molecule has 3 N–H and O–H groups in total. The highest BCUT2D eigenvalue weighted by Crippen LogP contribution is 2.16. The molecular weight excluding hydrogens is 767 g/mol. The third-order valence-corrected chi connectivity index (χ3v) is 11.2. The minimum absolute atomic E-state index is 0.0537. The number of hydrogen-bond donors (Lipinski definition) is 3. The van der Waals surface area contributed by atoms with Gasteiger partial charge < -0.3 is 20.3 Å². The van der Waals surface area contributed by atoms with Crippen LogP contribution in [0.25, 0.3) is 0 Å². The zero-order valence-electron chi connectivity index (χ0n) is 40.5. The maximum absolute atomic E-state index is 13.2. The first kappa shape index (κ1) is 59.0. The van der Waals surface area contributed by atoms with Crippen molar-refractivity contribution >= 4 is 11.9 Å². The number of rotatable bonds is 45. The van der Waals surface area contributed by atoms with Gasteiger partial charge in [0.05, 0.1) is 25.2 Å². The van der Waals surface area contributed by atoms with Crippen molar-refractivity contribution in [2.45, 2.75) is 251 Å². The molecule has 0 aliphatic carbocycles. The molecule has 0 aromatic rings. The lowest BCUT2D eigenvalue weighted by Crippen LogP contribution is -2.46. The van der Waals surface area contributed by atoms with Crippen molar-refractivity contribution in [1.82, 2.24) is 5.32 Å². The summed E-state index contributed by atoms with van der Waals surface area (Å²) in [4.78, 5) is 26.0. The molecule has 3 unspecified atom stereocenters. The van der Waals surface area contributed by atoms with Crippen LogP contribution in [0, 0.1) is 0 Å². The Kier molecular flexibility index (Phi) is 46.7. The highest BCUT2D eigenvalue weighted by Gasteiger charge is 2.23. The molecule has 356 valence electrons. The third-order valence-electron chi connectivity index (χ3n) is 11.2. The summed E-state index contributed by atoms with van der Waals surface area (Å²) in [6, 6.07) is -0.748. The molecule has 1 amide bonds. The summed E-state index contributed by atoms with van der Waals surface area (Å²) in [5.41, 5.74) is 0. The molecule has 0 aliphatic heterocycles. The number of carbonyl (C=O) groups excluding carboxylic acids is 2. The van der Waals surface area contributed by atoms with Gasteiger partial charge in [0.2, 0.25) is 5.91 Å². The molecule has 0 heterocycles. The average molecular weight is 864 g/mol. The van der Waals surface area contributed by atoms with Crippen LogP contribution in [0.15, 0.2) is 85.1 Å². The minimum Gasteiger partial charge on any atom is -0.458 e. The van der Waals surface area contributed by atoms with E-state index in [1.54, 1.807) is 6.08 Å². The lowest BCUT2D eigenvalue weighted by Gasteiger charge is -2.23. The number of carbonyl (C=O) groups is 2. The molecule has 0 saturated heterocycles. The second-order valence-corrected chi connectivity index (χ2v) is 17.2. The molecule has 0 spiro atoms. The summed E-state index contributed by atoms with van der Waals surface area (Å²) >= 11 is 0. The lowest BCUT2D eigenvalue weighted by molar-refractivity contribution is -0.148. The molecule has 6 nitrogen and oxygen atoms in total. The molecule has 3 atom stereocenters. The number of unbranched alkanes of at least 4 members (excludes halogenated alkanes) is 21. The van der Waals surface area contributed by atoms with Crippen LogP contribution in [0.2, 0.25) is 0 Å². The predicted octanol–water partition coefficient (Wildman–Crippen LogP) is 15.6. The van der Waals surface area contributed by atoms with E-state index in [-0.39, 0.29) is 24.9 Å². The molecule has 6 heteroatoms. The monoisotopic (exact) mass is 864 g/mol. The van der Waals surface area contributed by atoms with Crippen LogP contribution in [0.1, 0.15) is 233 Å². The van der Waals surface area contributed by atoms with E-state index in [0.29, 0.717) is 19.3 Å². The normalized spacial score (nSPS) is 14.0. The van der Waals surface area contributed by atoms with Crippen molar-refractivity contribution in [1.29, 1.82) is 0 Å². The fraction of sp³-hybridized carbons (Fsp3) is 0.714. The fourth-order valence-corrected chi connectivity index (χ4v) is 7.29. The van der Waals surface area contributed by atoms with Gasteiger partial charge in [-0.2, -0.15) is 0 Å². The van der Waals surface area contributed by atoms with Crippen molar-refractivity contribution < 1.29 is 24.5 Å². The summed E-state index contributed by atoms with van der Waals surface area (Å²) in [6.07, 6.45) is 63.9. The lowest BCUT2D eigenvalue weighted by atomic mass is 10.0. The molecule has 0 bridgehead atoms. The number of nitrogens with one attached hydrogen (secondary N) is 1. The van der Waals surface area contributed by atoms with Gasteiger partial charge in [-0.15, -0.1) is 0 Å². The van der Waals surface area contributed by atoms with E-state index >= 15 is 0 Å². The fourth-order valence-electron chi connectivity index (χ4n) is 7.29. The molecule has 0 saturated carbocycles. The number of hydrogen-bond acceptors (Lipinski definition) is 5. The van der Waals surface area contributed by atoms with Crippen LogP contribution in [0.4, 0.5) is 0 Å². The van der Waals surface area contributed by atoms with Crippen LogP contribution in [-0.4, -0.2) is 46.9 Å². The molecule has 0 aliphatic rings. The van der Waals surface area contributed by atoms with Gasteiger partial charge in [0.1, 0.15) is 6.10 Å². The van der Waals surface area contributed by atoms with Gasteiger partial charge >= 0.3 is 5.97 Å². The zero-order valence-corrected chi connectivity index (χ0v) is 40.5. The maximum Gasteiger partial charge on any atom is 0.306 e. The molecule has 0 rings (SSSR count). The van der Waals surface area contributed by atoms with E-state index in [9.17, 15) is 19.8 Å². The second kappa shape index (κ2) is 49.1. The third kappa shape index (κ3) is 43.7. The van der Waals surface area contributed by atoms with Gasteiger partial charge in [0.25, 0.3) is 0 Å². The Morgan fingerprint density at radius 2 is 0.919 bits per heavy atom. The topological polar surface area (TPSA) is 95.9 Å². The molecule has 0 radical (unpaired) electrons. The predicted molar refractivity (Wildman–Crippen MR) is 268 cm³/mol. The number of ether oxygens (including phenoxy) is 1. The summed E-state index contributed by atoms with van der Waals surface area (Å²) in [6.45, 7) is 6.29. The number of esters is 1. The van der Waals surface area contributed by atoms with Gasteiger partial charge in [-0.3, -0.25) is 9.59 Å².